The first kappa shape index (κ1) is 16.8. The zero-order chi connectivity index (χ0) is 13.7. The van der Waals surface area contributed by atoms with E-state index < -0.39 is 0 Å². The molecule has 0 atom stereocenters. The summed E-state index contributed by atoms with van der Waals surface area (Å²) in [4.78, 5) is 12.2. The van der Waals surface area contributed by atoms with Gasteiger partial charge in [0.05, 0.1) is 0 Å². The molecule has 0 aliphatic heterocycles. The molecule has 0 unspecified atom stereocenters. The standard InChI is InChI=1S/C15H22N2O2.ClH/c1-2-15(8-3-9-15)14(18)17-12-4-6-13(7-5-12)19-11-10-16;/h4-7H,2-3,8-11,16H2,1H3,(H,17,18);1H. The smallest absolute Gasteiger partial charge is 0.230 e. The van der Waals surface area contributed by atoms with Crippen LogP contribution < -0.4 is 15.8 Å². The van der Waals surface area contributed by atoms with Gasteiger partial charge in [0.15, 0.2) is 0 Å². The molecule has 1 aromatic carbocycles. The van der Waals surface area contributed by atoms with Crippen LogP contribution in [0.1, 0.15) is 32.6 Å². The van der Waals surface area contributed by atoms with Crippen LogP contribution in [0.4, 0.5) is 5.69 Å². The predicted octanol–water partition coefficient (Wildman–Crippen LogP) is 2.96. The summed E-state index contributed by atoms with van der Waals surface area (Å²) in [5.41, 5.74) is 6.07. The van der Waals surface area contributed by atoms with Gasteiger partial charge in [-0.3, -0.25) is 4.79 Å². The molecule has 4 nitrogen and oxygen atoms in total. The lowest BCUT2D eigenvalue weighted by Crippen LogP contribution is -2.41. The molecule has 2 rings (SSSR count). The van der Waals surface area contributed by atoms with Gasteiger partial charge in [-0.05, 0) is 43.5 Å². The molecule has 0 bridgehead atoms. The van der Waals surface area contributed by atoms with E-state index in [1.54, 1.807) is 0 Å². The van der Waals surface area contributed by atoms with Gasteiger partial charge >= 0.3 is 0 Å². The van der Waals surface area contributed by atoms with E-state index in [9.17, 15) is 4.79 Å². The lowest BCUT2D eigenvalue weighted by molar-refractivity contribution is -0.130. The van der Waals surface area contributed by atoms with Crippen molar-refractivity contribution in [3.8, 4) is 5.75 Å². The number of ether oxygens (including phenoxy) is 1. The lowest BCUT2D eigenvalue weighted by Gasteiger charge is -2.39. The summed E-state index contributed by atoms with van der Waals surface area (Å²) in [6.45, 7) is 3.09. The highest BCUT2D eigenvalue weighted by Gasteiger charge is 2.42. The normalized spacial score (nSPS) is 15.7. The molecule has 3 N–H and O–H groups in total. The average molecular weight is 299 g/mol. The fourth-order valence-electron chi connectivity index (χ4n) is 2.42. The van der Waals surface area contributed by atoms with Crippen LogP contribution in [0.15, 0.2) is 24.3 Å². The molecule has 1 aromatic rings. The number of benzene rings is 1. The van der Waals surface area contributed by atoms with Crippen LogP contribution in [0, 0.1) is 5.41 Å². The van der Waals surface area contributed by atoms with Crippen LogP contribution in [0.2, 0.25) is 0 Å². The van der Waals surface area contributed by atoms with E-state index in [0.717, 1.165) is 37.1 Å². The maximum Gasteiger partial charge on any atom is 0.230 e. The highest BCUT2D eigenvalue weighted by molar-refractivity contribution is 5.95. The van der Waals surface area contributed by atoms with E-state index >= 15 is 0 Å². The van der Waals surface area contributed by atoms with E-state index in [1.807, 2.05) is 24.3 Å². The lowest BCUT2D eigenvalue weighted by atomic mass is 9.66. The Balaban J connectivity index is 0.00000200. The number of rotatable bonds is 6. The van der Waals surface area contributed by atoms with Crippen molar-refractivity contribution in [3.63, 3.8) is 0 Å². The summed E-state index contributed by atoms with van der Waals surface area (Å²) >= 11 is 0. The number of amides is 1. The van der Waals surface area contributed by atoms with Crippen molar-refractivity contribution in [2.24, 2.45) is 11.1 Å². The topological polar surface area (TPSA) is 64.3 Å². The van der Waals surface area contributed by atoms with Crippen molar-refractivity contribution < 1.29 is 9.53 Å². The van der Waals surface area contributed by atoms with Crippen LogP contribution in [0.3, 0.4) is 0 Å². The maximum atomic E-state index is 12.2. The number of nitrogens with one attached hydrogen (secondary N) is 1. The third-order valence-corrected chi connectivity index (χ3v) is 3.97. The number of anilines is 1. The molecule has 20 heavy (non-hydrogen) atoms. The summed E-state index contributed by atoms with van der Waals surface area (Å²) in [5.74, 6) is 0.925. The Bertz CT molecular complexity index is 424. The largest absolute Gasteiger partial charge is 0.492 e. The van der Waals surface area contributed by atoms with Crippen molar-refractivity contribution in [3.05, 3.63) is 24.3 Å². The van der Waals surface area contributed by atoms with Gasteiger partial charge in [-0.2, -0.15) is 0 Å². The molecule has 0 spiro atoms. The molecule has 1 amide bonds. The van der Waals surface area contributed by atoms with Gasteiger partial charge in [0.25, 0.3) is 0 Å². The summed E-state index contributed by atoms with van der Waals surface area (Å²) < 4.78 is 5.40. The fraction of sp³-hybridized carbons (Fsp3) is 0.533. The van der Waals surface area contributed by atoms with Crippen LogP contribution in [-0.2, 0) is 4.79 Å². The maximum absolute atomic E-state index is 12.2. The molecule has 0 aromatic heterocycles. The van der Waals surface area contributed by atoms with Crippen molar-refractivity contribution >= 4 is 24.0 Å². The number of carbonyl (C=O) groups excluding carboxylic acids is 1. The molecule has 1 fully saturated rings. The Morgan fingerprint density at radius 3 is 2.45 bits per heavy atom. The number of hydrogen-bond donors (Lipinski definition) is 2. The number of carbonyl (C=O) groups is 1. The number of nitrogens with two attached hydrogens (primary N) is 1. The van der Waals surface area contributed by atoms with Crippen molar-refractivity contribution in [1.82, 2.24) is 0 Å². The van der Waals surface area contributed by atoms with Crippen LogP contribution in [0.25, 0.3) is 0 Å². The van der Waals surface area contributed by atoms with Gasteiger partial charge in [-0.1, -0.05) is 13.3 Å². The highest BCUT2D eigenvalue weighted by Crippen LogP contribution is 2.44. The van der Waals surface area contributed by atoms with E-state index in [0.29, 0.717) is 13.2 Å². The summed E-state index contributed by atoms with van der Waals surface area (Å²) in [6.07, 6.45) is 4.09. The van der Waals surface area contributed by atoms with Gasteiger partial charge in [-0.15, -0.1) is 12.4 Å². The molecule has 1 saturated carbocycles. The van der Waals surface area contributed by atoms with E-state index in [4.69, 9.17) is 10.5 Å². The van der Waals surface area contributed by atoms with Crippen molar-refractivity contribution in [1.29, 1.82) is 0 Å². The monoisotopic (exact) mass is 298 g/mol. The summed E-state index contributed by atoms with van der Waals surface area (Å²) in [5, 5.41) is 3.00. The second-order valence-electron chi connectivity index (χ2n) is 5.10. The molecule has 1 aliphatic rings. The molecule has 5 heteroatoms. The third kappa shape index (κ3) is 3.64. The minimum Gasteiger partial charge on any atom is -0.492 e. The Kier molecular flexibility index (Phi) is 6.30. The molecular weight excluding hydrogens is 276 g/mol. The van der Waals surface area contributed by atoms with Crippen molar-refractivity contribution in [2.45, 2.75) is 32.6 Å². The van der Waals surface area contributed by atoms with Gasteiger partial charge < -0.3 is 15.8 Å². The van der Waals surface area contributed by atoms with Crippen LogP contribution in [-0.4, -0.2) is 19.1 Å². The van der Waals surface area contributed by atoms with Gasteiger partial charge in [-0.25, -0.2) is 0 Å². The Hall–Kier alpha value is -1.26. The first-order valence-corrected chi connectivity index (χ1v) is 6.94. The fourth-order valence-corrected chi connectivity index (χ4v) is 2.42. The van der Waals surface area contributed by atoms with Gasteiger partial charge in [0, 0.05) is 17.6 Å². The molecule has 0 saturated heterocycles. The minimum atomic E-state index is -0.130. The average Bonchev–Trinajstić information content (AvgIpc) is 2.37. The molecular formula is C15H23ClN2O2. The highest BCUT2D eigenvalue weighted by atomic mass is 35.5. The zero-order valence-electron chi connectivity index (χ0n) is 11.9. The predicted molar refractivity (Wildman–Crippen MR) is 83.4 cm³/mol. The summed E-state index contributed by atoms with van der Waals surface area (Å²) in [7, 11) is 0. The van der Waals surface area contributed by atoms with Gasteiger partial charge in [0.1, 0.15) is 12.4 Å². The SMILES string of the molecule is CCC1(C(=O)Nc2ccc(OCCN)cc2)CCC1.Cl. The van der Waals surface area contributed by atoms with Crippen LogP contribution >= 0.6 is 12.4 Å². The minimum absolute atomic E-state index is 0. The van der Waals surface area contributed by atoms with E-state index in [2.05, 4.69) is 12.2 Å². The third-order valence-electron chi connectivity index (χ3n) is 3.97. The quantitative estimate of drug-likeness (QED) is 0.848. The Morgan fingerprint density at radius 1 is 1.35 bits per heavy atom. The number of hydrogen-bond acceptors (Lipinski definition) is 3. The molecule has 1 aliphatic carbocycles. The first-order chi connectivity index (χ1) is 9.20. The molecule has 112 valence electrons. The zero-order valence-corrected chi connectivity index (χ0v) is 12.7. The van der Waals surface area contributed by atoms with Crippen molar-refractivity contribution in [2.75, 3.05) is 18.5 Å². The molecule has 0 heterocycles. The second kappa shape index (κ2) is 7.50. The first-order valence-electron chi connectivity index (χ1n) is 6.94. The van der Waals surface area contributed by atoms with E-state index in [-0.39, 0.29) is 23.7 Å². The van der Waals surface area contributed by atoms with Gasteiger partial charge in [0.2, 0.25) is 5.91 Å². The Labute approximate surface area is 126 Å². The molecule has 0 radical (unpaired) electrons. The van der Waals surface area contributed by atoms with Crippen LogP contribution in [0.5, 0.6) is 5.75 Å². The Morgan fingerprint density at radius 2 is 2.00 bits per heavy atom. The second-order valence-corrected chi connectivity index (χ2v) is 5.10. The number of halogens is 1. The van der Waals surface area contributed by atoms with E-state index in [1.165, 1.54) is 0 Å². The summed E-state index contributed by atoms with van der Waals surface area (Å²) in [6, 6.07) is 7.44.